The first-order valence-corrected chi connectivity index (χ1v) is 2.97. The Morgan fingerprint density at radius 3 is 2.45 bits per heavy atom. The van der Waals surface area contributed by atoms with Crippen molar-refractivity contribution in [1.82, 2.24) is 0 Å². The molecule has 0 aliphatic heterocycles. The molecule has 0 fully saturated rings. The van der Waals surface area contributed by atoms with Gasteiger partial charge < -0.3 is 0 Å². The van der Waals surface area contributed by atoms with E-state index in [1.807, 2.05) is 6.07 Å². The first-order chi connectivity index (χ1) is 5.36. The summed E-state index contributed by atoms with van der Waals surface area (Å²) in [6.07, 6.45) is 0. The molecule has 0 radical (unpaired) electrons. The molecule has 0 N–H and O–H groups in total. The van der Waals surface area contributed by atoms with Crippen LogP contribution in [0.2, 0.25) is 0 Å². The molecule has 0 atom stereocenters. The van der Waals surface area contributed by atoms with Gasteiger partial charge in [0.05, 0.1) is 0 Å². The fourth-order valence-corrected chi connectivity index (χ4v) is 0.664. The van der Waals surface area contributed by atoms with Crippen LogP contribution in [0.3, 0.4) is 0 Å². The molecule has 0 saturated heterocycles. The van der Waals surface area contributed by atoms with Gasteiger partial charge in [-0.1, -0.05) is 0 Å². The summed E-state index contributed by atoms with van der Waals surface area (Å²) < 4.78 is 14.4. The molecule has 0 amide bonds. The van der Waals surface area contributed by atoms with Gasteiger partial charge in [-0.25, -0.2) is 0 Å². The quantitative estimate of drug-likeness (QED) is 0.580. The van der Waals surface area contributed by atoms with Crippen LogP contribution in [0.4, 0.5) is 0 Å². The van der Waals surface area contributed by atoms with Crippen molar-refractivity contribution in [1.29, 1.82) is 5.26 Å². The minimum absolute atomic E-state index is 0.349. The van der Waals surface area contributed by atoms with E-state index in [2.05, 4.69) is 4.65 Å². The van der Waals surface area contributed by atoms with E-state index in [0.717, 1.165) is 0 Å². The monoisotopic (exact) mass is 145 g/mol. The summed E-state index contributed by atoms with van der Waals surface area (Å²) in [7, 11) is 0.349. The SMILES string of the molecule is N#Cc1ccc(OB=O)cc1. The molecule has 1 aromatic carbocycles. The number of rotatable bonds is 2. The van der Waals surface area contributed by atoms with E-state index < -0.39 is 0 Å². The zero-order valence-corrected chi connectivity index (χ0v) is 5.65. The fourth-order valence-electron chi connectivity index (χ4n) is 0.664. The van der Waals surface area contributed by atoms with Gasteiger partial charge in [0.15, 0.2) is 0 Å². The zero-order chi connectivity index (χ0) is 8.10. The van der Waals surface area contributed by atoms with Gasteiger partial charge >= 0.3 is 63.6 Å². The van der Waals surface area contributed by atoms with Crippen LogP contribution in [0.1, 0.15) is 5.56 Å². The Morgan fingerprint density at radius 1 is 1.36 bits per heavy atom. The van der Waals surface area contributed by atoms with E-state index in [0.29, 0.717) is 18.7 Å². The summed E-state index contributed by atoms with van der Waals surface area (Å²) in [5.74, 6) is 0.444. The predicted molar refractivity (Wildman–Crippen MR) is 38.2 cm³/mol. The van der Waals surface area contributed by atoms with Crippen LogP contribution >= 0.6 is 0 Å². The average molecular weight is 145 g/mol. The van der Waals surface area contributed by atoms with Crippen LogP contribution in [0.15, 0.2) is 24.3 Å². The van der Waals surface area contributed by atoms with E-state index in [4.69, 9.17) is 5.26 Å². The summed E-state index contributed by atoms with van der Waals surface area (Å²) in [4.78, 5) is 0. The van der Waals surface area contributed by atoms with E-state index in [1.165, 1.54) is 0 Å². The average Bonchev–Trinajstić information content (AvgIpc) is 2.07. The summed E-state index contributed by atoms with van der Waals surface area (Å²) >= 11 is 0. The van der Waals surface area contributed by atoms with Crippen LogP contribution in [-0.2, 0) is 4.70 Å². The Morgan fingerprint density at radius 2 is 2.00 bits per heavy atom. The van der Waals surface area contributed by atoms with E-state index in [9.17, 15) is 4.70 Å². The summed E-state index contributed by atoms with van der Waals surface area (Å²) in [6.45, 7) is 0. The van der Waals surface area contributed by atoms with Crippen molar-refractivity contribution in [3.63, 3.8) is 0 Å². The van der Waals surface area contributed by atoms with E-state index in [-0.39, 0.29) is 0 Å². The second-order valence-corrected chi connectivity index (χ2v) is 1.85. The summed E-state index contributed by atoms with van der Waals surface area (Å²) in [5, 5.41) is 8.40. The molecule has 0 spiro atoms. The second-order valence-electron chi connectivity index (χ2n) is 1.85. The van der Waals surface area contributed by atoms with Crippen molar-refractivity contribution in [3.05, 3.63) is 29.8 Å². The Hall–Kier alpha value is -1.63. The van der Waals surface area contributed by atoms with E-state index >= 15 is 0 Å². The van der Waals surface area contributed by atoms with Gasteiger partial charge in [-0.2, -0.15) is 0 Å². The van der Waals surface area contributed by atoms with Gasteiger partial charge in [-0.3, -0.25) is 0 Å². The molecule has 0 unspecified atom stereocenters. The van der Waals surface area contributed by atoms with Gasteiger partial charge in [0.1, 0.15) is 0 Å². The molecule has 4 heteroatoms. The topological polar surface area (TPSA) is 50.1 Å². The van der Waals surface area contributed by atoms with Crippen molar-refractivity contribution in [2.45, 2.75) is 0 Å². The van der Waals surface area contributed by atoms with Gasteiger partial charge in [-0.05, 0) is 0 Å². The molecule has 0 bridgehead atoms. The molecule has 3 nitrogen and oxygen atoms in total. The Balaban J connectivity index is 2.84. The number of nitrogens with zero attached hydrogens (tertiary/aromatic N) is 1. The third-order valence-electron chi connectivity index (χ3n) is 1.17. The molecule has 1 rings (SSSR count). The van der Waals surface area contributed by atoms with Crippen molar-refractivity contribution in [2.75, 3.05) is 0 Å². The van der Waals surface area contributed by atoms with Crippen molar-refractivity contribution in [2.24, 2.45) is 0 Å². The van der Waals surface area contributed by atoms with Crippen molar-refractivity contribution < 1.29 is 9.36 Å². The molecule has 52 valence electrons. The van der Waals surface area contributed by atoms with E-state index in [1.54, 1.807) is 24.3 Å². The fraction of sp³-hybridized carbons (Fsp3) is 0. The zero-order valence-electron chi connectivity index (χ0n) is 5.65. The molecule has 0 aliphatic carbocycles. The van der Waals surface area contributed by atoms with Gasteiger partial charge in [0.25, 0.3) is 0 Å². The third kappa shape index (κ3) is 1.90. The normalized spacial score (nSPS) is 7.91. The number of benzene rings is 1. The molecule has 11 heavy (non-hydrogen) atoms. The number of hydrogen-bond acceptors (Lipinski definition) is 3. The first-order valence-electron chi connectivity index (χ1n) is 2.97. The Bertz CT molecular complexity index is 288. The van der Waals surface area contributed by atoms with Crippen LogP contribution < -0.4 is 4.65 Å². The van der Waals surface area contributed by atoms with Crippen LogP contribution in [0.5, 0.6) is 5.75 Å². The number of hydrogen-bond donors (Lipinski definition) is 0. The molecule has 0 aromatic heterocycles. The molecule has 0 saturated carbocycles. The van der Waals surface area contributed by atoms with Crippen molar-refractivity contribution in [3.8, 4) is 11.8 Å². The molecular weight excluding hydrogens is 141 g/mol. The Labute approximate surface area is 64.5 Å². The molecule has 0 aliphatic rings. The summed E-state index contributed by atoms with van der Waals surface area (Å²) in [5.41, 5.74) is 0.545. The van der Waals surface area contributed by atoms with Crippen LogP contribution in [0.25, 0.3) is 0 Å². The number of nitriles is 1. The van der Waals surface area contributed by atoms with Gasteiger partial charge in [0.2, 0.25) is 0 Å². The minimum atomic E-state index is 0.349. The molecule has 0 heterocycles. The van der Waals surface area contributed by atoms with Gasteiger partial charge in [-0.15, -0.1) is 0 Å². The molecule has 1 aromatic rings. The van der Waals surface area contributed by atoms with Gasteiger partial charge in [0, 0.05) is 0 Å². The molecular formula is C7H4BNO2. The standard InChI is InChI=1S/C7H4BNO2/c9-5-6-1-3-7(4-2-6)11-8-10/h1-4H. The predicted octanol–water partition coefficient (Wildman–Crippen LogP) is 0.902. The Kier molecular flexibility index (Phi) is 2.39. The van der Waals surface area contributed by atoms with Crippen LogP contribution in [-0.4, -0.2) is 7.35 Å². The maximum atomic E-state index is 9.84. The second kappa shape index (κ2) is 3.52. The maximum absolute atomic E-state index is 9.84. The third-order valence-corrected chi connectivity index (χ3v) is 1.17. The first kappa shape index (κ1) is 7.48. The van der Waals surface area contributed by atoms with Crippen molar-refractivity contribution >= 4 is 7.35 Å². The van der Waals surface area contributed by atoms with Crippen LogP contribution in [0, 0.1) is 11.3 Å². The summed E-state index contributed by atoms with van der Waals surface area (Å²) in [6, 6.07) is 8.24.